The van der Waals surface area contributed by atoms with Crippen molar-refractivity contribution in [3.05, 3.63) is 12.1 Å². The van der Waals surface area contributed by atoms with Crippen LogP contribution in [-0.2, 0) is 0 Å². The Balaban J connectivity index is 2.05. The Morgan fingerprint density at radius 1 is 1.22 bits per heavy atom. The quantitative estimate of drug-likeness (QED) is 0.625. The van der Waals surface area contributed by atoms with Crippen molar-refractivity contribution in [1.82, 2.24) is 30.1 Å². The molecule has 0 aliphatic carbocycles. The van der Waals surface area contributed by atoms with Gasteiger partial charge in [-0.05, 0) is 13.0 Å². The summed E-state index contributed by atoms with van der Waals surface area (Å²) >= 11 is 0. The lowest BCUT2D eigenvalue weighted by atomic mass is 10.4. The number of anilines is 1. The predicted molar refractivity (Wildman–Crippen MR) is 64.8 cm³/mol. The van der Waals surface area contributed by atoms with E-state index in [9.17, 15) is 0 Å². The number of hydrogen-bond donors (Lipinski definition) is 3. The zero-order valence-electron chi connectivity index (χ0n) is 9.64. The highest BCUT2D eigenvalue weighted by atomic mass is 16.5. The predicted octanol–water partition coefficient (Wildman–Crippen LogP) is 0.724. The summed E-state index contributed by atoms with van der Waals surface area (Å²) in [6.07, 6.45) is 0. The zero-order chi connectivity index (χ0) is 12.5. The van der Waals surface area contributed by atoms with Crippen LogP contribution >= 0.6 is 0 Å². The first-order valence-electron chi connectivity index (χ1n) is 5.44. The van der Waals surface area contributed by atoms with Crippen molar-refractivity contribution in [2.75, 3.05) is 12.3 Å². The van der Waals surface area contributed by atoms with Gasteiger partial charge < -0.3 is 15.5 Å². The number of ether oxygens (including phenoxy) is 1. The van der Waals surface area contributed by atoms with E-state index in [1.54, 1.807) is 6.07 Å². The van der Waals surface area contributed by atoms with Gasteiger partial charge in [-0.1, -0.05) is 0 Å². The second kappa shape index (κ2) is 3.99. The third-order valence-corrected chi connectivity index (χ3v) is 2.34. The molecule has 0 spiro atoms. The Morgan fingerprint density at radius 2 is 2.11 bits per heavy atom. The molecule has 3 aromatic heterocycles. The number of fused-ring (bicyclic) bond motifs is 1. The summed E-state index contributed by atoms with van der Waals surface area (Å²) in [6, 6.07) is 3.63. The molecule has 18 heavy (non-hydrogen) atoms. The second-order valence-electron chi connectivity index (χ2n) is 3.58. The van der Waals surface area contributed by atoms with E-state index in [0.717, 1.165) is 5.52 Å². The van der Waals surface area contributed by atoms with Gasteiger partial charge >= 0.3 is 0 Å². The maximum atomic E-state index is 5.44. The van der Waals surface area contributed by atoms with Crippen LogP contribution in [0, 0.1) is 0 Å². The Labute approximate surface area is 102 Å². The molecule has 3 rings (SSSR count). The number of H-pyrrole nitrogens is 2. The largest absolute Gasteiger partial charge is 0.478 e. The highest BCUT2D eigenvalue weighted by molar-refractivity contribution is 5.75. The summed E-state index contributed by atoms with van der Waals surface area (Å²) in [4.78, 5) is 15.6. The third-order valence-electron chi connectivity index (χ3n) is 2.34. The average molecular weight is 245 g/mol. The molecule has 0 aliphatic heterocycles. The summed E-state index contributed by atoms with van der Waals surface area (Å²) in [6.45, 7) is 2.47. The molecule has 4 N–H and O–H groups in total. The molecular weight excluding hydrogens is 234 g/mol. The van der Waals surface area contributed by atoms with Gasteiger partial charge in [-0.2, -0.15) is 9.97 Å². The van der Waals surface area contributed by atoms with Crippen molar-refractivity contribution < 1.29 is 4.74 Å². The zero-order valence-corrected chi connectivity index (χ0v) is 9.64. The van der Waals surface area contributed by atoms with Gasteiger partial charge in [0.2, 0.25) is 11.8 Å². The second-order valence-corrected chi connectivity index (χ2v) is 3.58. The van der Waals surface area contributed by atoms with Crippen LogP contribution in [0.15, 0.2) is 12.1 Å². The van der Waals surface area contributed by atoms with Crippen LogP contribution in [0.25, 0.3) is 22.8 Å². The highest BCUT2D eigenvalue weighted by Gasteiger charge is 2.10. The molecule has 0 radical (unpaired) electrons. The minimum atomic E-state index is 0.174. The number of nitrogen functional groups attached to an aromatic ring is 1. The van der Waals surface area contributed by atoms with E-state index in [0.29, 0.717) is 29.8 Å². The van der Waals surface area contributed by atoms with Crippen LogP contribution in [0.5, 0.6) is 5.88 Å². The van der Waals surface area contributed by atoms with Gasteiger partial charge in [-0.3, -0.25) is 5.10 Å². The molecule has 8 nitrogen and oxygen atoms in total. The van der Waals surface area contributed by atoms with Crippen LogP contribution in [0.3, 0.4) is 0 Å². The lowest BCUT2D eigenvalue weighted by Gasteiger charge is -1.99. The minimum Gasteiger partial charge on any atom is -0.478 e. The maximum Gasteiger partial charge on any atom is 0.239 e. The van der Waals surface area contributed by atoms with E-state index >= 15 is 0 Å². The summed E-state index contributed by atoms with van der Waals surface area (Å²) in [5.41, 5.74) is 6.80. The van der Waals surface area contributed by atoms with Crippen molar-refractivity contribution in [3.63, 3.8) is 0 Å². The summed E-state index contributed by atoms with van der Waals surface area (Å²) < 4.78 is 5.31. The first kappa shape index (κ1) is 10.5. The molecular formula is C10H11N7O. The normalized spacial score (nSPS) is 10.9. The van der Waals surface area contributed by atoms with Crippen molar-refractivity contribution in [3.8, 4) is 17.5 Å². The maximum absolute atomic E-state index is 5.44. The summed E-state index contributed by atoms with van der Waals surface area (Å²) in [5.74, 6) is 1.73. The molecule has 0 bridgehead atoms. The van der Waals surface area contributed by atoms with Gasteiger partial charge in [-0.25, -0.2) is 4.98 Å². The highest BCUT2D eigenvalue weighted by Crippen LogP contribution is 2.18. The minimum absolute atomic E-state index is 0.174. The first-order chi connectivity index (χ1) is 8.76. The molecule has 3 aromatic rings. The number of imidazole rings is 1. The number of nitrogens with one attached hydrogen (secondary N) is 2. The fourth-order valence-electron chi connectivity index (χ4n) is 1.60. The molecule has 0 fully saturated rings. The average Bonchev–Trinajstić information content (AvgIpc) is 2.94. The van der Waals surface area contributed by atoms with Crippen LogP contribution in [-0.4, -0.2) is 36.7 Å². The fourth-order valence-corrected chi connectivity index (χ4v) is 1.60. The van der Waals surface area contributed by atoms with Crippen LogP contribution in [0.1, 0.15) is 6.92 Å². The number of aromatic amines is 2. The smallest absolute Gasteiger partial charge is 0.239 e. The summed E-state index contributed by atoms with van der Waals surface area (Å²) in [7, 11) is 0. The van der Waals surface area contributed by atoms with E-state index in [2.05, 4.69) is 30.1 Å². The van der Waals surface area contributed by atoms with E-state index < -0.39 is 0 Å². The number of aromatic nitrogens is 6. The molecule has 92 valence electrons. The van der Waals surface area contributed by atoms with Gasteiger partial charge in [0.05, 0.1) is 12.1 Å². The monoisotopic (exact) mass is 245 g/mol. The van der Waals surface area contributed by atoms with E-state index in [1.165, 1.54) is 0 Å². The standard InChI is InChI=1S/C10H11N7O/c1-2-18-6-4-3-5-7(13-6)14-8(12-5)9-15-10(11)17-16-9/h3-4H,2H2,1H3,(H,12,13,14)(H3,11,15,16,17). The van der Waals surface area contributed by atoms with E-state index in [-0.39, 0.29) is 5.95 Å². The Kier molecular flexibility index (Phi) is 2.33. The van der Waals surface area contributed by atoms with Crippen molar-refractivity contribution in [2.24, 2.45) is 0 Å². The first-order valence-corrected chi connectivity index (χ1v) is 5.44. The van der Waals surface area contributed by atoms with Crippen LogP contribution in [0.2, 0.25) is 0 Å². The molecule has 0 saturated heterocycles. The topological polar surface area (TPSA) is 118 Å². The molecule has 0 atom stereocenters. The van der Waals surface area contributed by atoms with Crippen molar-refractivity contribution in [1.29, 1.82) is 0 Å². The Bertz CT molecular complexity index is 686. The number of hydrogen-bond acceptors (Lipinski definition) is 6. The van der Waals surface area contributed by atoms with Gasteiger partial charge in [0, 0.05) is 6.07 Å². The van der Waals surface area contributed by atoms with Crippen LogP contribution in [0.4, 0.5) is 5.95 Å². The SMILES string of the molecule is CCOc1ccc2[nH]c(-c3nc(N)n[nH]3)nc2n1. The summed E-state index contributed by atoms with van der Waals surface area (Å²) in [5, 5.41) is 6.43. The third kappa shape index (κ3) is 1.73. The molecule has 0 aliphatic rings. The molecule has 3 heterocycles. The van der Waals surface area contributed by atoms with Gasteiger partial charge in [0.1, 0.15) is 0 Å². The van der Waals surface area contributed by atoms with E-state index in [1.807, 2.05) is 13.0 Å². The fraction of sp³-hybridized carbons (Fsp3) is 0.200. The molecule has 0 saturated carbocycles. The number of rotatable bonds is 3. The number of nitrogens with two attached hydrogens (primary N) is 1. The van der Waals surface area contributed by atoms with Gasteiger partial charge in [0.15, 0.2) is 17.3 Å². The van der Waals surface area contributed by atoms with E-state index in [4.69, 9.17) is 10.5 Å². The van der Waals surface area contributed by atoms with Crippen molar-refractivity contribution in [2.45, 2.75) is 6.92 Å². The van der Waals surface area contributed by atoms with Crippen LogP contribution < -0.4 is 10.5 Å². The molecule has 0 aromatic carbocycles. The Hall–Kier alpha value is -2.64. The number of pyridine rings is 1. The Morgan fingerprint density at radius 3 is 2.83 bits per heavy atom. The molecule has 8 heteroatoms. The molecule has 0 unspecified atom stereocenters. The lowest BCUT2D eigenvalue weighted by Crippen LogP contribution is -1.93. The van der Waals surface area contributed by atoms with Crippen molar-refractivity contribution >= 4 is 17.1 Å². The molecule has 0 amide bonds. The van der Waals surface area contributed by atoms with Gasteiger partial charge in [-0.15, -0.1) is 5.10 Å². The lowest BCUT2D eigenvalue weighted by molar-refractivity contribution is 0.328. The van der Waals surface area contributed by atoms with Gasteiger partial charge in [0.25, 0.3) is 0 Å². The number of nitrogens with zero attached hydrogens (tertiary/aromatic N) is 4.